The molecule has 0 heterocycles. The number of benzene rings is 2. The largest absolute Gasteiger partial charge is 0.310 e. The van der Waals surface area contributed by atoms with Crippen LogP contribution in [0.1, 0.15) is 18.1 Å². The summed E-state index contributed by atoms with van der Waals surface area (Å²) in [6, 6.07) is 12.0. The van der Waals surface area contributed by atoms with Crippen molar-refractivity contribution in [2.75, 3.05) is 0 Å². The van der Waals surface area contributed by atoms with Gasteiger partial charge in [-0.2, -0.15) is 0 Å². The van der Waals surface area contributed by atoms with E-state index in [0.29, 0.717) is 17.1 Å². The van der Waals surface area contributed by atoms with Crippen LogP contribution < -0.4 is 5.32 Å². The molecule has 0 aliphatic rings. The first kappa shape index (κ1) is 14.9. The Morgan fingerprint density at radius 3 is 2.65 bits per heavy atom. The second-order valence-corrected chi connectivity index (χ2v) is 5.27. The molecular formula is C16H16ClF2N. The Hall–Kier alpha value is -1.45. The maximum Gasteiger partial charge on any atom is 0.163 e. The Labute approximate surface area is 122 Å². The fourth-order valence-electron chi connectivity index (χ4n) is 2.06. The molecule has 0 amide bonds. The van der Waals surface area contributed by atoms with Crippen molar-refractivity contribution in [3.05, 3.63) is 70.2 Å². The summed E-state index contributed by atoms with van der Waals surface area (Å²) in [6.45, 7) is 2.30. The molecule has 0 saturated carbocycles. The van der Waals surface area contributed by atoms with Gasteiger partial charge in [-0.25, -0.2) is 8.78 Å². The van der Waals surface area contributed by atoms with Crippen LogP contribution in [0.5, 0.6) is 0 Å². The Balaban J connectivity index is 1.92. The van der Waals surface area contributed by atoms with E-state index in [0.717, 1.165) is 18.1 Å². The van der Waals surface area contributed by atoms with Crippen LogP contribution in [0.2, 0.25) is 5.02 Å². The lowest BCUT2D eigenvalue weighted by molar-refractivity contribution is 0.480. The van der Waals surface area contributed by atoms with E-state index in [1.165, 1.54) is 6.07 Å². The molecule has 0 saturated heterocycles. The fourth-order valence-corrected chi connectivity index (χ4v) is 2.27. The lowest BCUT2D eigenvalue weighted by Crippen LogP contribution is -2.28. The minimum absolute atomic E-state index is 0.135. The average molecular weight is 296 g/mol. The highest BCUT2D eigenvalue weighted by molar-refractivity contribution is 6.30. The van der Waals surface area contributed by atoms with E-state index in [4.69, 9.17) is 11.6 Å². The van der Waals surface area contributed by atoms with Crippen LogP contribution in [0, 0.1) is 11.6 Å². The van der Waals surface area contributed by atoms with Gasteiger partial charge in [0.2, 0.25) is 0 Å². The quantitative estimate of drug-likeness (QED) is 0.865. The summed E-state index contributed by atoms with van der Waals surface area (Å²) in [7, 11) is 0. The van der Waals surface area contributed by atoms with E-state index in [9.17, 15) is 8.78 Å². The minimum atomic E-state index is -0.813. The molecule has 0 aromatic heterocycles. The highest BCUT2D eigenvalue weighted by Crippen LogP contribution is 2.14. The van der Waals surface area contributed by atoms with Crippen molar-refractivity contribution in [3.8, 4) is 0 Å². The summed E-state index contributed by atoms with van der Waals surface area (Å²) in [5, 5.41) is 3.89. The van der Waals surface area contributed by atoms with Crippen molar-refractivity contribution < 1.29 is 8.78 Å². The molecule has 0 radical (unpaired) electrons. The highest BCUT2D eigenvalue weighted by atomic mass is 35.5. The molecule has 2 aromatic carbocycles. The maximum absolute atomic E-state index is 13.5. The van der Waals surface area contributed by atoms with Gasteiger partial charge in [0.25, 0.3) is 0 Å². The second kappa shape index (κ2) is 6.82. The minimum Gasteiger partial charge on any atom is -0.310 e. The van der Waals surface area contributed by atoms with E-state index in [-0.39, 0.29) is 6.04 Å². The molecule has 0 fully saturated rings. The Kier molecular flexibility index (Phi) is 5.10. The third-order valence-electron chi connectivity index (χ3n) is 3.10. The number of rotatable bonds is 5. The molecule has 20 heavy (non-hydrogen) atoms. The van der Waals surface area contributed by atoms with Crippen molar-refractivity contribution in [2.45, 2.75) is 25.9 Å². The third-order valence-corrected chi connectivity index (χ3v) is 3.34. The number of nitrogens with one attached hydrogen (secondary N) is 1. The molecule has 1 unspecified atom stereocenters. The summed E-state index contributed by atoms with van der Waals surface area (Å²) >= 11 is 5.93. The smallest absolute Gasteiger partial charge is 0.163 e. The molecule has 0 spiro atoms. The zero-order valence-electron chi connectivity index (χ0n) is 11.2. The predicted octanol–water partition coefficient (Wildman–Crippen LogP) is 4.34. The number of halogens is 3. The van der Waals surface area contributed by atoms with Gasteiger partial charge in [0.15, 0.2) is 11.6 Å². The van der Waals surface area contributed by atoms with Crippen molar-refractivity contribution >= 4 is 11.6 Å². The van der Waals surface area contributed by atoms with Gasteiger partial charge in [-0.3, -0.25) is 0 Å². The molecule has 1 nitrogen and oxygen atoms in total. The number of hydrogen-bond donors (Lipinski definition) is 1. The van der Waals surface area contributed by atoms with E-state index < -0.39 is 11.6 Å². The van der Waals surface area contributed by atoms with Crippen LogP contribution in [-0.4, -0.2) is 6.04 Å². The first-order chi connectivity index (χ1) is 9.56. The van der Waals surface area contributed by atoms with Gasteiger partial charge < -0.3 is 5.32 Å². The summed E-state index contributed by atoms with van der Waals surface area (Å²) in [5.74, 6) is -1.60. The van der Waals surface area contributed by atoms with Crippen molar-refractivity contribution in [1.82, 2.24) is 5.32 Å². The van der Waals surface area contributed by atoms with E-state index in [1.54, 1.807) is 6.07 Å². The SMILES string of the molecule is CC(Cc1cccc(Cl)c1)NCc1cccc(F)c1F. The van der Waals surface area contributed by atoms with Gasteiger partial charge in [0.1, 0.15) is 0 Å². The molecule has 2 rings (SSSR count). The van der Waals surface area contributed by atoms with Crippen LogP contribution in [0.25, 0.3) is 0 Å². The second-order valence-electron chi connectivity index (χ2n) is 4.83. The van der Waals surface area contributed by atoms with Crippen LogP contribution >= 0.6 is 11.6 Å². The van der Waals surface area contributed by atoms with E-state index >= 15 is 0 Å². The monoisotopic (exact) mass is 295 g/mol. The maximum atomic E-state index is 13.5. The Morgan fingerprint density at radius 1 is 1.15 bits per heavy atom. The lowest BCUT2D eigenvalue weighted by Gasteiger charge is -2.14. The van der Waals surface area contributed by atoms with Gasteiger partial charge in [-0.05, 0) is 37.1 Å². The average Bonchev–Trinajstić information content (AvgIpc) is 2.40. The third kappa shape index (κ3) is 4.02. The molecule has 1 N–H and O–H groups in total. The van der Waals surface area contributed by atoms with Gasteiger partial charge in [0, 0.05) is 23.2 Å². The molecular weight excluding hydrogens is 280 g/mol. The summed E-state index contributed by atoms with van der Waals surface area (Å²) in [5.41, 5.74) is 1.44. The highest BCUT2D eigenvalue weighted by Gasteiger charge is 2.09. The molecule has 0 aliphatic heterocycles. The summed E-state index contributed by atoms with van der Waals surface area (Å²) in [4.78, 5) is 0. The standard InChI is InChI=1S/C16H16ClF2N/c1-11(8-12-4-2-6-14(17)9-12)20-10-13-5-3-7-15(18)16(13)19/h2-7,9,11,20H,8,10H2,1H3. The zero-order valence-corrected chi connectivity index (χ0v) is 11.9. The Bertz CT molecular complexity index is 586. The molecule has 2 aromatic rings. The molecule has 0 aliphatic carbocycles. The van der Waals surface area contributed by atoms with Crippen molar-refractivity contribution in [3.63, 3.8) is 0 Å². The van der Waals surface area contributed by atoms with Crippen LogP contribution in [0.3, 0.4) is 0 Å². The van der Waals surface area contributed by atoms with Gasteiger partial charge in [-0.1, -0.05) is 35.9 Å². The molecule has 1 atom stereocenters. The predicted molar refractivity (Wildman–Crippen MR) is 77.8 cm³/mol. The summed E-state index contributed by atoms with van der Waals surface area (Å²) < 4.78 is 26.6. The van der Waals surface area contributed by atoms with E-state index in [1.807, 2.05) is 31.2 Å². The van der Waals surface area contributed by atoms with Crippen molar-refractivity contribution in [1.29, 1.82) is 0 Å². The molecule has 0 bridgehead atoms. The summed E-state index contributed by atoms with van der Waals surface area (Å²) in [6.07, 6.45) is 0.775. The topological polar surface area (TPSA) is 12.0 Å². The zero-order chi connectivity index (χ0) is 14.5. The van der Waals surface area contributed by atoms with Crippen LogP contribution in [0.4, 0.5) is 8.78 Å². The van der Waals surface area contributed by atoms with Gasteiger partial charge in [-0.15, -0.1) is 0 Å². The normalized spacial score (nSPS) is 12.4. The first-order valence-electron chi connectivity index (χ1n) is 6.47. The van der Waals surface area contributed by atoms with E-state index in [2.05, 4.69) is 5.32 Å². The first-order valence-corrected chi connectivity index (χ1v) is 6.85. The van der Waals surface area contributed by atoms with Crippen LogP contribution in [-0.2, 0) is 13.0 Å². The molecule has 106 valence electrons. The van der Waals surface area contributed by atoms with Crippen molar-refractivity contribution in [2.24, 2.45) is 0 Å². The Morgan fingerprint density at radius 2 is 1.90 bits per heavy atom. The molecule has 4 heteroatoms. The number of hydrogen-bond acceptors (Lipinski definition) is 1. The van der Waals surface area contributed by atoms with Crippen LogP contribution in [0.15, 0.2) is 42.5 Å². The lowest BCUT2D eigenvalue weighted by atomic mass is 10.1. The fraction of sp³-hybridized carbons (Fsp3) is 0.250. The van der Waals surface area contributed by atoms with Gasteiger partial charge >= 0.3 is 0 Å². The van der Waals surface area contributed by atoms with Gasteiger partial charge in [0.05, 0.1) is 0 Å².